The van der Waals surface area contributed by atoms with Crippen LogP contribution in [-0.2, 0) is 6.54 Å². The molecule has 0 spiro atoms. The minimum atomic E-state index is 0.605. The molecule has 0 bridgehead atoms. The molecule has 2 aromatic rings. The molecule has 1 fully saturated rings. The number of hydrogen-bond acceptors (Lipinski definition) is 5. The number of hydrogen-bond donors (Lipinski definition) is 0. The second kappa shape index (κ2) is 5.56. The molecule has 2 aromatic heterocycles. The van der Waals surface area contributed by atoms with E-state index in [1.165, 1.54) is 21.9 Å². The topological polar surface area (TPSA) is 29.0 Å². The molecule has 102 valence electrons. The van der Waals surface area contributed by atoms with Gasteiger partial charge in [0.2, 0.25) is 0 Å². The molecule has 3 heterocycles. The standard InChI is InChI=1S/C13H16ClN3S2/c1-8-9(2)19-13-11(8)12(14)15-10(16-13)7-17-3-5-18-6-4-17/h3-7H2,1-2H3. The van der Waals surface area contributed by atoms with Gasteiger partial charge in [-0.25, -0.2) is 9.97 Å². The van der Waals surface area contributed by atoms with Crippen molar-refractivity contribution < 1.29 is 0 Å². The molecule has 0 radical (unpaired) electrons. The van der Waals surface area contributed by atoms with Gasteiger partial charge in [-0.15, -0.1) is 11.3 Å². The number of nitrogens with zero attached hydrogens (tertiary/aromatic N) is 3. The number of thioether (sulfide) groups is 1. The van der Waals surface area contributed by atoms with Gasteiger partial charge < -0.3 is 0 Å². The first-order valence-electron chi connectivity index (χ1n) is 6.37. The van der Waals surface area contributed by atoms with E-state index in [0.717, 1.165) is 35.7 Å². The number of aryl methyl sites for hydroxylation is 2. The SMILES string of the molecule is Cc1sc2nc(CN3CCSCC3)nc(Cl)c2c1C. The molecule has 0 atom stereocenters. The van der Waals surface area contributed by atoms with E-state index >= 15 is 0 Å². The molecule has 19 heavy (non-hydrogen) atoms. The molecule has 3 nitrogen and oxygen atoms in total. The van der Waals surface area contributed by atoms with Gasteiger partial charge in [0.05, 0.1) is 11.9 Å². The molecule has 1 aliphatic heterocycles. The average molecular weight is 314 g/mol. The Kier molecular flexibility index (Phi) is 3.98. The summed E-state index contributed by atoms with van der Waals surface area (Å²) in [6.45, 7) is 7.25. The third-order valence-corrected chi connectivity index (χ3v) is 5.82. The lowest BCUT2D eigenvalue weighted by molar-refractivity contribution is 0.287. The van der Waals surface area contributed by atoms with Crippen molar-refractivity contribution in [1.82, 2.24) is 14.9 Å². The Morgan fingerprint density at radius 3 is 2.68 bits per heavy atom. The fourth-order valence-corrected chi connectivity index (χ4v) is 4.68. The molecule has 6 heteroatoms. The predicted molar refractivity (Wildman–Crippen MR) is 84.5 cm³/mol. The highest BCUT2D eigenvalue weighted by Crippen LogP contribution is 2.33. The first-order valence-corrected chi connectivity index (χ1v) is 8.72. The van der Waals surface area contributed by atoms with Gasteiger partial charge in [0.25, 0.3) is 0 Å². The summed E-state index contributed by atoms with van der Waals surface area (Å²) in [7, 11) is 0. The molecule has 0 unspecified atom stereocenters. The first-order chi connectivity index (χ1) is 9.15. The number of aromatic nitrogens is 2. The zero-order valence-corrected chi connectivity index (χ0v) is 13.5. The fraction of sp³-hybridized carbons (Fsp3) is 0.538. The highest BCUT2D eigenvalue weighted by molar-refractivity contribution is 7.99. The Labute approximate surface area is 126 Å². The average Bonchev–Trinajstić information content (AvgIpc) is 2.66. The van der Waals surface area contributed by atoms with Gasteiger partial charge in [0.15, 0.2) is 0 Å². The molecule has 0 aliphatic carbocycles. The third kappa shape index (κ3) is 2.75. The normalized spacial score (nSPS) is 17.2. The van der Waals surface area contributed by atoms with E-state index in [0.29, 0.717) is 5.15 Å². The third-order valence-electron chi connectivity index (χ3n) is 3.50. The van der Waals surface area contributed by atoms with Crippen molar-refractivity contribution in [3.05, 3.63) is 21.4 Å². The summed E-state index contributed by atoms with van der Waals surface area (Å²) in [4.78, 5) is 13.9. The lowest BCUT2D eigenvalue weighted by Crippen LogP contribution is -2.32. The van der Waals surface area contributed by atoms with Crippen molar-refractivity contribution in [2.75, 3.05) is 24.6 Å². The zero-order valence-electron chi connectivity index (χ0n) is 11.1. The summed E-state index contributed by atoms with van der Waals surface area (Å²) >= 11 is 10.1. The van der Waals surface area contributed by atoms with E-state index in [-0.39, 0.29) is 0 Å². The molecule has 1 saturated heterocycles. The molecular weight excluding hydrogens is 298 g/mol. The molecular formula is C13H16ClN3S2. The van der Waals surface area contributed by atoms with Crippen molar-refractivity contribution in [3.63, 3.8) is 0 Å². The van der Waals surface area contributed by atoms with E-state index in [9.17, 15) is 0 Å². The van der Waals surface area contributed by atoms with Crippen molar-refractivity contribution in [1.29, 1.82) is 0 Å². The fourth-order valence-electron chi connectivity index (χ4n) is 2.27. The summed E-state index contributed by atoms with van der Waals surface area (Å²) in [5.41, 5.74) is 1.21. The summed E-state index contributed by atoms with van der Waals surface area (Å²) < 4.78 is 0. The monoisotopic (exact) mass is 313 g/mol. The summed E-state index contributed by atoms with van der Waals surface area (Å²) in [6, 6.07) is 0. The number of fused-ring (bicyclic) bond motifs is 1. The van der Waals surface area contributed by atoms with Gasteiger partial charge in [-0.2, -0.15) is 11.8 Å². The smallest absolute Gasteiger partial charge is 0.145 e. The van der Waals surface area contributed by atoms with Gasteiger partial charge in [-0.05, 0) is 19.4 Å². The predicted octanol–water partition coefficient (Wildman–Crippen LogP) is 3.51. The molecule has 0 saturated carbocycles. The first kappa shape index (κ1) is 13.6. The highest BCUT2D eigenvalue weighted by atomic mass is 35.5. The van der Waals surface area contributed by atoms with Crippen LogP contribution in [0.1, 0.15) is 16.3 Å². The van der Waals surface area contributed by atoms with E-state index in [1.54, 1.807) is 11.3 Å². The summed E-state index contributed by atoms with van der Waals surface area (Å²) in [5, 5.41) is 1.63. The van der Waals surface area contributed by atoms with Gasteiger partial charge in [-0.1, -0.05) is 11.6 Å². The van der Waals surface area contributed by atoms with Crippen LogP contribution in [0.4, 0.5) is 0 Å². The minimum absolute atomic E-state index is 0.605. The maximum Gasteiger partial charge on any atom is 0.145 e. The van der Waals surface area contributed by atoms with Gasteiger partial charge in [-0.3, -0.25) is 4.90 Å². The highest BCUT2D eigenvalue weighted by Gasteiger charge is 2.16. The number of rotatable bonds is 2. The quantitative estimate of drug-likeness (QED) is 0.793. The molecule has 3 rings (SSSR count). The van der Waals surface area contributed by atoms with Crippen LogP contribution < -0.4 is 0 Å². The van der Waals surface area contributed by atoms with Crippen LogP contribution in [0.25, 0.3) is 10.2 Å². The Morgan fingerprint density at radius 2 is 1.95 bits per heavy atom. The second-order valence-electron chi connectivity index (χ2n) is 4.78. The molecule has 0 N–H and O–H groups in total. The van der Waals surface area contributed by atoms with Gasteiger partial charge in [0, 0.05) is 29.5 Å². The van der Waals surface area contributed by atoms with Crippen molar-refractivity contribution in [2.24, 2.45) is 0 Å². The maximum atomic E-state index is 6.33. The van der Waals surface area contributed by atoms with Gasteiger partial charge >= 0.3 is 0 Å². The summed E-state index contributed by atoms with van der Waals surface area (Å²) in [6.07, 6.45) is 0. The van der Waals surface area contributed by atoms with E-state index in [2.05, 4.69) is 28.7 Å². The van der Waals surface area contributed by atoms with Crippen molar-refractivity contribution in [2.45, 2.75) is 20.4 Å². The molecule has 0 amide bonds. The maximum absolute atomic E-state index is 6.33. The van der Waals surface area contributed by atoms with Gasteiger partial charge in [0.1, 0.15) is 15.8 Å². The summed E-state index contributed by atoms with van der Waals surface area (Å²) in [5.74, 6) is 3.26. The van der Waals surface area contributed by atoms with Crippen LogP contribution in [0.5, 0.6) is 0 Å². The van der Waals surface area contributed by atoms with Crippen molar-refractivity contribution in [3.8, 4) is 0 Å². The minimum Gasteiger partial charge on any atom is -0.294 e. The molecule has 0 aromatic carbocycles. The second-order valence-corrected chi connectivity index (χ2v) is 7.57. The lowest BCUT2D eigenvalue weighted by atomic mass is 10.2. The Hall–Kier alpha value is -0.360. The number of halogens is 1. The lowest BCUT2D eigenvalue weighted by Gasteiger charge is -2.25. The van der Waals surface area contributed by atoms with Crippen LogP contribution in [-0.4, -0.2) is 39.5 Å². The van der Waals surface area contributed by atoms with E-state index in [4.69, 9.17) is 11.6 Å². The number of thiophene rings is 1. The van der Waals surface area contributed by atoms with Crippen LogP contribution >= 0.6 is 34.7 Å². The van der Waals surface area contributed by atoms with Crippen LogP contribution in [0.15, 0.2) is 0 Å². The molecule has 1 aliphatic rings. The van der Waals surface area contributed by atoms with Crippen LogP contribution in [0.2, 0.25) is 5.15 Å². The van der Waals surface area contributed by atoms with Crippen molar-refractivity contribution >= 4 is 44.9 Å². The van der Waals surface area contributed by atoms with Crippen LogP contribution in [0.3, 0.4) is 0 Å². The Balaban J connectivity index is 1.92. The van der Waals surface area contributed by atoms with E-state index < -0.39 is 0 Å². The Bertz CT molecular complexity index is 605. The largest absolute Gasteiger partial charge is 0.294 e. The van der Waals surface area contributed by atoms with E-state index in [1.807, 2.05) is 11.8 Å². The zero-order chi connectivity index (χ0) is 13.4. The van der Waals surface area contributed by atoms with Crippen LogP contribution in [0, 0.1) is 13.8 Å². The Morgan fingerprint density at radius 1 is 1.21 bits per heavy atom.